The molecule has 2 N–H and O–H groups in total. The van der Waals surface area contributed by atoms with Gasteiger partial charge in [-0.05, 0) is 36.8 Å². The number of benzene rings is 1. The number of hydrogen-bond donors (Lipinski definition) is 1. The summed E-state index contributed by atoms with van der Waals surface area (Å²) in [6, 6.07) is 3.64. The molecule has 3 atom stereocenters. The average molecular weight is 371 g/mol. The van der Waals surface area contributed by atoms with E-state index in [1.807, 2.05) is 4.90 Å². The van der Waals surface area contributed by atoms with Crippen LogP contribution >= 0.6 is 12.4 Å². The third kappa shape index (κ3) is 3.65. The molecule has 0 aromatic heterocycles. The van der Waals surface area contributed by atoms with E-state index in [9.17, 15) is 4.79 Å². The molecule has 1 aliphatic heterocycles. The second-order valence-electron chi connectivity index (χ2n) is 6.64. The molecular weight excluding hydrogens is 344 g/mol. The van der Waals surface area contributed by atoms with E-state index in [1.165, 1.54) is 0 Å². The van der Waals surface area contributed by atoms with Crippen LogP contribution in [0.2, 0.25) is 0 Å². The molecule has 0 radical (unpaired) electrons. The van der Waals surface area contributed by atoms with E-state index >= 15 is 0 Å². The Morgan fingerprint density at radius 2 is 1.72 bits per heavy atom. The highest BCUT2D eigenvalue weighted by Gasteiger charge is 2.40. The minimum absolute atomic E-state index is 0. The molecule has 3 rings (SSSR count). The summed E-state index contributed by atoms with van der Waals surface area (Å²) in [5.74, 6) is 2.43. The molecule has 140 valence electrons. The molecule has 0 bridgehead atoms. The molecule has 1 saturated heterocycles. The molecule has 1 amide bonds. The molecule has 1 heterocycles. The van der Waals surface area contributed by atoms with Crippen molar-refractivity contribution in [1.29, 1.82) is 0 Å². The number of fused-ring (bicyclic) bond motifs is 1. The van der Waals surface area contributed by atoms with Crippen molar-refractivity contribution in [3.63, 3.8) is 0 Å². The van der Waals surface area contributed by atoms with Gasteiger partial charge < -0.3 is 24.8 Å². The number of nitrogens with two attached hydrogens (primary N) is 1. The van der Waals surface area contributed by atoms with Crippen LogP contribution in [0.1, 0.15) is 29.6 Å². The molecule has 2 fully saturated rings. The summed E-state index contributed by atoms with van der Waals surface area (Å²) in [5, 5.41) is 0. The van der Waals surface area contributed by atoms with Gasteiger partial charge in [0.25, 0.3) is 5.91 Å². The van der Waals surface area contributed by atoms with Crippen LogP contribution < -0.4 is 19.9 Å². The molecule has 1 aromatic carbocycles. The Hall–Kier alpha value is -1.66. The maximum absolute atomic E-state index is 13.0. The Morgan fingerprint density at radius 1 is 1.08 bits per heavy atom. The van der Waals surface area contributed by atoms with Crippen molar-refractivity contribution in [3.05, 3.63) is 17.7 Å². The predicted molar refractivity (Wildman–Crippen MR) is 98.1 cm³/mol. The number of hydrogen-bond acceptors (Lipinski definition) is 5. The van der Waals surface area contributed by atoms with Crippen LogP contribution in [0.5, 0.6) is 17.2 Å². The zero-order valence-electron chi connectivity index (χ0n) is 15.0. The number of amides is 1. The van der Waals surface area contributed by atoms with Gasteiger partial charge in [-0.15, -0.1) is 12.4 Å². The fraction of sp³-hybridized carbons (Fsp3) is 0.611. The monoisotopic (exact) mass is 370 g/mol. The van der Waals surface area contributed by atoms with Gasteiger partial charge in [0.1, 0.15) is 0 Å². The first-order chi connectivity index (χ1) is 11.6. The molecular formula is C18H27ClN2O4. The van der Waals surface area contributed by atoms with E-state index in [4.69, 9.17) is 19.9 Å². The Balaban J connectivity index is 0.00000225. The number of likely N-dealkylation sites (tertiary alicyclic amines) is 1. The number of methoxy groups -OCH3 is 3. The minimum Gasteiger partial charge on any atom is -0.493 e. The van der Waals surface area contributed by atoms with Crippen LogP contribution in [-0.4, -0.2) is 51.3 Å². The molecule has 1 aliphatic carbocycles. The Labute approximate surface area is 155 Å². The van der Waals surface area contributed by atoms with Gasteiger partial charge in [-0.1, -0.05) is 6.42 Å². The standard InChI is InChI=1S/C18H26N2O4.ClH/c1-22-15-7-12(8-16(23-2)17(15)24-3)18(21)20-9-11-5-4-6-14(19)13(11)10-20;/h7-8,11,13-14H,4-6,9-10,19H2,1-3H3;1H. The quantitative estimate of drug-likeness (QED) is 0.880. The molecule has 1 aromatic rings. The van der Waals surface area contributed by atoms with Crippen LogP contribution in [-0.2, 0) is 0 Å². The molecule has 2 aliphatic rings. The average Bonchev–Trinajstić information content (AvgIpc) is 3.05. The molecule has 3 unspecified atom stereocenters. The maximum atomic E-state index is 13.0. The highest BCUT2D eigenvalue weighted by molar-refractivity contribution is 5.96. The van der Waals surface area contributed by atoms with Crippen LogP contribution in [0.4, 0.5) is 0 Å². The van der Waals surface area contributed by atoms with E-state index in [0.717, 1.165) is 32.4 Å². The van der Waals surface area contributed by atoms with E-state index < -0.39 is 0 Å². The molecule has 0 spiro atoms. The summed E-state index contributed by atoms with van der Waals surface area (Å²) in [4.78, 5) is 14.9. The minimum atomic E-state index is -0.00384. The smallest absolute Gasteiger partial charge is 0.254 e. The largest absolute Gasteiger partial charge is 0.493 e. The second-order valence-corrected chi connectivity index (χ2v) is 6.64. The lowest BCUT2D eigenvalue weighted by Gasteiger charge is -2.29. The number of ether oxygens (including phenoxy) is 3. The second kappa shape index (κ2) is 8.15. The number of carbonyl (C=O) groups excluding carboxylic acids is 1. The summed E-state index contributed by atoms with van der Waals surface area (Å²) in [7, 11) is 4.65. The highest BCUT2D eigenvalue weighted by atomic mass is 35.5. The van der Waals surface area contributed by atoms with Crippen molar-refractivity contribution in [2.75, 3.05) is 34.4 Å². The third-order valence-electron chi connectivity index (χ3n) is 5.35. The number of nitrogens with zero attached hydrogens (tertiary/aromatic N) is 1. The van der Waals surface area contributed by atoms with Gasteiger partial charge >= 0.3 is 0 Å². The Bertz CT molecular complexity index is 600. The summed E-state index contributed by atoms with van der Waals surface area (Å²) in [5.41, 5.74) is 6.81. The predicted octanol–water partition coefficient (Wildman–Crippen LogP) is 2.33. The van der Waals surface area contributed by atoms with Crippen LogP contribution in [0.15, 0.2) is 12.1 Å². The summed E-state index contributed by atoms with van der Waals surface area (Å²) >= 11 is 0. The number of carbonyl (C=O) groups is 1. The molecule has 1 saturated carbocycles. The van der Waals surface area contributed by atoms with Crippen molar-refractivity contribution in [1.82, 2.24) is 4.90 Å². The molecule has 25 heavy (non-hydrogen) atoms. The lowest BCUT2D eigenvalue weighted by atomic mass is 9.78. The fourth-order valence-corrected chi connectivity index (χ4v) is 4.07. The normalized spacial score (nSPS) is 25.0. The number of rotatable bonds is 4. The van der Waals surface area contributed by atoms with Gasteiger partial charge in [-0.3, -0.25) is 4.79 Å². The summed E-state index contributed by atoms with van der Waals surface area (Å²) in [6.07, 6.45) is 3.39. The van der Waals surface area contributed by atoms with Gasteiger partial charge in [-0.2, -0.15) is 0 Å². The van der Waals surface area contributed by atoms with Crippen molar-refractivity contribution in [2.24, 2.45) is 17.6 Å². The summed E-state index contributed by atoms with van der Waals surface area (Å²) in [6.45, 7) is 1.52. The summed E-state index contributed by atoms with van der Waals surface area (Å²) < 4.78 is 16.0. The SMILES string of the molecule is COc1cc(C(=O)N2CC3CCCC(N)C3C2)cc(OC)c1OC.Cl. The van der Waals surface area contributed by atoms with Crippen molar-refractivity contribution < 1.29 is 19.0 Å². The van der Waals surface area contributed by atoms with Crippen LogP contribution in [0.25, 0.3) is 0 Å². The maximum Gasteiger partial charge on any atom is 0.254 e. The van der Waals surface area contributed by atoms with E-state index in [-0.39, 0.29) is 24.4 Å². The Morgan fingerprint density at radius 3 is 2.24 bits per heavy atom. The number of halogens is 1. The first-order valence-electron chi connectivity index (χ1n) is 8.43. The zero-order chi connectivity index (χ0) is 17.3. The topological polar surface area (TPSA) is 74.0 Å². The Kier molecular flexibility index (Phi) is 6.41. The van der Waals surface area contributed by atoms with Crippen molar-refractivity contribution in [3.8, 4) is 17.2 Å². The first-order valence-corrected chi connectivity index (χ1v) is 8.43. The molecule has 7 heteroatoms. The first kappa shape index (κ1) is 19.7. The zero-order valence-corrected chi connectivity index (χ0v) is 15.8. The van der Waals surface area contributed by atoms with Crippen molar-refractivity contribution in [2.45, 2.75) is 25.3 Å². The third-order valence-corrected chi connectivity index (χ3v) is 5.35. The fourth-order valence-electron chi connectivity index (χ4n) is 4.07. The van der Waals surface area contributed by atoms with Gasteiger partial charge in [0, 0.05) is 24.7 Å². The van der Waals surface area contributed by atoms with Gasteiger partial charge in [0.2, 0.25) is 5.75 Å². The van der Waals surface area contributed by atoms with Gasteiger partial charge in [-0.25, -0.2) is 0 Å². The van der Waals surface area contributed by atoms with Crippen molar-refractivity contribution >= 4 is 18.3 Å². The lowest BCUT2D eigenvalue weighted by Crippen LogP contribution is -2.38. The highest BCUT2D eigenvalue weighted by Crippen LogP contribution is 2.40. The lowest BCUT2D eigenvalue weighted by molar-refractivity contribution is 0.0782. The van der Waals surface area contributed by atoms with Gasteiger partial charge in [0.05, 0.1) is 21.3 Å². The van der Waals surface area contributed by atoms with Crippen LogP contribution in [0.3, 0.4) is 0 Å². The van der Waals surface area contributed by atoms with Gasteiger partial charge in [0.15, 0.2) is 11.5 Å². The van der Waals surface area contributed by atoms with E-state index in [1.54, 1.807) is 33.5 Å². The van der Waals surface area contributed by atoms with E-state index in [2.05, 4.69) is 0 Å². The van der Waals surface area contributed by atoms with Crippen LogP contribution in [0, 0.1) is 11.8 Å². The molecule has 6 nitrogen and oxygen atoms in total. The van der Waals surface area contributed by atoms with E-state index in [0.29, 0.717) is 34.6 Å².